The molecule has 2 aromatic rings. The summed E-state index contributed by atoms with van der Waals surface area (Å²) >= 11 is 1.26. The first-order valence-corrected chi connectivity index (χ1v) is 15.4. The van der Waals surface area contributed by atoms with E-state index >= 15 is 0 Å². The average molecular weight is 586 g/mol. The molecule has 0 saturated carbocycles. The van der Waals surface area contributed by atoms with E-state index in [1.54, 1.807) is 24.3 Å². The SMILES string of the molecule is CCC(C)CC(=O)N(C)C(CC(OC(C)=O)c1nc(C(=O)NC(Cc2ccccc2)CC(C)C(C)=O)cs1)C(C)C. The predicted molar refractivity (Wildman–Crippen MR) is 163 cm³/mol. The molecule has 8 nitrogen and oxygen atoms in total. The quantitative estimate of drug-likeness (QED) is 0.242. The molecule has 1 aromatic heterocycles. The maximum atomic E-state index is 13.3. The molecule has 2 rings (SSSR count). The van der Waals surface area contributed by atoms with Gasteiger partial charge < -0.3 is 15.0 Å². The van der Waals surface area contributed by atoms with E-state index in [4.69, 9.17) is 4.74 Å². The van der Waals surface area contributed by atoms with Crippen LogP contribution in [0.2, 0.25) is 0 Å². The Balaban J connectivity index is 2.24. The van der Waals surface area contributed by atoms with Gasteiger partial charge in [0.1, 0.15) is 16.5 Å². The molecule has 0 bridgehead atoms. The van der Waals surface area contributed by atoms with Crippen molar-refractivity contribution < 1.29 is 23.9 Å². The lowest BCUT2D eigenvalue weighted by atomic mass is 9.94. The molecular weight excluding hydrogens is 538 g/mol. The molecular formula is C32H47N3O5S. The molecule has 9 heteroatoms. The number of esters is 1. The highest BCUT2D eigenvalue weighted by Crippen LogP contribution is 2.31. The van der Waals surface area contributed by atoms with Crippen LogP contribution in [-0.2, 0) is 25.5 Å². The largest absolute Gasteiger partial charge is 0.455 e. The van der Waals surface area contributed by atoms with Crippen molar-refractivity contribution in [3.63, 3.8) is 0 Å². The van der Waals surface area contributed by atoms with Gasteiger partial charge >= 0.3 is 5.97 Å². The number of carbonyl (C=O) groups excluding carboxylic acids is 4. The molecule has 2 amide bonds. The number of carbonyl (C=O) groups is 4. The van der Waals surface area contributed by atoms with Crippen molar-refractivity contribution >= 4 is 34.9 Å². The molecule has 0 fully saturated rings. The molecule has 5 atom stereocenters. The molecule has 0 spiro atoms. The van der Waals surface area contributed by atoms with E-state index in [0.29, 0.717) is 30.7 Å². The van der Waals surface area contributed by atoms with Crippen LogP contribution in [0.3, 0.4) is 0 Å². The van der Waals surface area contributed by atoms with Gasteiger partial charge in [-0.2, -0.15) is 0 Å². The molecule has 41 heavy (non-hydrogen) atoms. The van der Waals surface area contributed by atoms with Gasteiger partial charge in [0, 0.05) is 50.2 Å². The van der Waals surface area contributed by atoms with Crippen LogP contribution < -0.4 is 5.32 Å². The fourth-order valence-corrected chi connectivity index (χ4v) is 5.59. The van der Waals surface area contributed by atoms with Crippen molar-refractivity contribution in [1.29, 1.82) is 0 Å². The first kappa shape index (κ1) is 34.1. The topological polar surface area (TPSA) is 106 Å². The number of benzene rings is 1. The molecule has 0 radical (unpaired) electrons. The smallest absolute Gasteiger partial charge is 0.303 e. The van der Waals surface area contributed by atoms with E-state index in [-0.39, 0.29) is 53.1 Å². The number of hydrogen-bond acceptors (Lipinski definition) is 7. The van der Waals surface area contributed by atoms with Crippen LogP contribution in [0.15, 0.2) is 35.7 Å². The van der Waals surface area contributed by atoms with Crippen LogP contribution in [0, 0.1) is 17.8 Å². The van der Waals surface area contributed by atoms with Crippen LogP contribution in [0.4, 0.5) is 0 Å². The summed E-state index contributed by atoms with van der Waals surface area (Å²) in [5.74, 6) is -0.459. The van der Waals surface area contributed by atoms with E-state index in [2.05, 4.69) is 24.1 Å². The van der Waals surface area contributed by atoms with E-state index in [1.165, 1.54) is 18.3 Å². The third-order valence-corrected chi connectivity index (χ3v) is 8.60. The van der Waals surface area contributed by atoms with E-state index < -0.39 is 12.1 Å². The predicted octanol–water partition coefficient (Wildman–Crippen LogP) is 6.01. The van der Waals surface area contributed by atoms with Crippen molar-refractivity contribution in [2.24, 2.45) is 17.8 Å². The molecule has 0 aliphatic carbocycles. The van der Waals surface area contributed by atoms with Crippen LogP contribution in [0.5, 0.6) is 0 Å². The molecule has 0 saturated heterocycles. The second-order valence-electron chi connectivity index (χ2n) is 11.5. The molecule has 0 aliphatic heterocycles. The molecule has 5 unspecified atom stereocenters. The van der Waals surface area contributed by atoms with E-state index in [9.17, 15) is 19.2 Å². The van der Waals surface area contributed by atoms with E-state index in [1.807, 2.05) is 51.1 Å². The second kappa shape index (κ2) is 16.4. The first-order valence-electron chi connectivity index (χ1n) is 14.6. The zero-order valence-electron chi connectivity index (χ0n) is 25.8. The van der Waals surface area contributed by atoms with Crippen molar-refractivity contribution in [3.8, 4) is 0 Å². The number of Topliss-reactive ketones (excluding diaryl/α,β-unsaturated/α-hetero) is 1. The number of ether oxygens (including phenoxy) is 1. The lowest BCUT2D eigenvalue weighted by Crippen LogP contribution is -2.42. The van der Waals surface area contributed by atoms with Gasteiger partial charge in [0.05, 0.1) is 0 Å². The zero-order chi connectivity index (χ0) is 30.7. The van der Waals surface area contributed by atoms with Crippen molar-refractivity contribution in [2.45, 2.75) is 98.8 Å². The minimum atomic E-state index is -0.692. The zero-order valence-corrected chi connectivity index (χ0v) is 26.6. The van der Waals surface area contributed by atoms with Crippen LogP contribution in [0.1, 0.15) is 101 Å². The molecule has 226 valence electrons. The number of nitrogens with zero attached hydrogens (tertiary/aromatic N) is 2. The number of nitrogens with one attached hydrogen (secondary N) is 1. The fraction of sp³-hybridized carbons (Fsp3) is 0.594. The first-order chi connectivity index (χ1) is 19.3. The minimum Gasteiger partial charge on any atom is -0.455 e. The highest BCUT2D eigenvalue weighted by atomic mass is 32.1. The maximum absolute atomic E-state index is 13.3. The highest BCUT2D eigenvalue weighted by molar-refractivity contribution is 7.09. The summed E-state index contributed by atoms with van der Waals surface area (Å²) in [5, 5.41) is 5.24. The van der Waals surface area contributed by atoms with Crippen LogP contribution in [-0.4, -0.2) is 52.6 Å². The number of ketones is 1. The average Bonchev–Trinajstić information content (AvgIpc) is 3.41. The summed E-state index contributed by atoms with van der Waals surface area (Å²) in [4.78, 5) is 56.6. The highest BCUT2D eigenvalue weighted by Gasteiger charge is 2.31. The summed E-state index contributed by atoms with van der Waals surface area (Å²) in [6.45, 7) is 13.0. The minimum absolute atomic E-state index is 0.0584. The normalized spacial score (nSPS) is 15.0. The Morgan fingerprint density at radius 1 is 1.02 bits per heavy atom. The second-order valence-corrected chi connectivity index (χ2v) is 12.4. The van der Waals surface area contributed by atoms with E-state index in [0.717, 1.165) is 12.0 Å². The molecule has 1 aromatic carbocycles. The monoisotopic (exact) mass is 585 g/mol. The summed E-state index contributed by atoms with van der Waals surface area (Å²) in [6.07, 6.45) is 2.17. The Labute approximate surface area is 249 Å². The van der Waals surface area contributed by atoms with Crippen LogP contribution >= 0.6 is 11.3 Å². The number of amides is 2. The molecule has 1 N–H and O–H groups in total. The third-order valence-electron chi connectivity index (χ3n) is 7.67. The van der Waals surface area contributed by atoms with Gasteiger partial charge in [-0.1, -0.05) is 71.4 Å². The summed E-state index contributed by atoms with van der Waals surface area (Å²) in [6, 6.07) is 9.40. The third kappa shape index (κ3) is 11.0. The summed E-state index contributed by atoms with van der Waals surface area (Å²) in [7, 11) is 1.80. The Kier molecular flexibility index (Phi) is 13.6. The number of hydrogen-bond donors (Lipinski definition) is 1. The van der Waals surface area contributed by atoms with Gasteiger partial charge in [0.2, 0.25) is 5.91 Å². The molecule has 0 aliphatic rings. The van der Waals surface area contributed by atoms with Gasteiger partial charge in [-0.25, -0.2) is 4.98 Å². The lowest BCUT2D eigenvalue weighted by molar-refractivity contribution is -0.148. The Morgan fingerprint density at radius 3 is 2.24 bits per heavy atom. The number of thiazole rings is 1. The van der Waals surface area contributed by atoms with Gasteiger partial charge in [-0.05, 0) is 37.2 Å². The summed E-state index contributed by atoms with van der Waals surface area (Å²) < 4.78 is 5.68. The van der Waals surface area contributed by atoms with Gasteiger partial charge in [-0.15, -0.1) is 11.3 Å². The van der Waals surface area contributed by atoms with Crippen molar-refractivity contribution in [2.75, 3.05) is 7.05 Å². The van der Waals surface area contributed by atoms with Crippen LogP contribution in [0.25, 0.3) is 0 Å². The Morgan fingerprint density at radius 2 is 1.68 bits per heavy atom. The van der Waals surface area contributed by atoms with Gasteiger partial charge in [0.15, 0.2) is 6.10 Å². The Bertz CT molecular complexity index is 1150. The number of aromatic nitrogens is 1. The fourth-order valence-electron chi connectivity index (χ4n) is 4.75. The Hall–Kier alpha value is -3.07. The van der Waals surface area contributed by atoms with Gasteiger partial charge in [0.25, 0.3) is 5.91 Å². The van der Waals surface area contributed by atoms with Gasteiger partial charge in [-0.3, -0.25) is 19.2 Å². The maximum Gasteiger partial charge on any atom is 0.303 e. The lowest BCUT2D eigenvalue weighted by Gasteiger charge is -2.34. The summed E-state index contributed by atoms with van der Waals surface area (Å²) in [5.41, 5.74) is 1.30. The van der Waals surface area contributed by atoms with Crippen molar-refractivity contribution in [3.05, 3.63) is 52.0 Å². The molecule has 1 heterocycles. The standard InChI is InChI=1S/C32H47N3O5S/c1-9-21(4)15-30(38)35(8)28(20(2)3)18-29(40-24(7)37)32-34-27(19-41-32)31(39)33-26(16-22(5)23(6)36)17-25-13-11-10-12-14-25/h10-14,19-22,26,28-29H,9,15-18H2,1-8H3,(H,33,39). The van der Waals surface area contributed by atoms with Crippen molar-refractivity contribution in [1.82, 2.24) is 15.2 Å². The number of rotatable bonds is 16.